The Balaban J connectivity index is 1.49. The molecule has 1 heterocycles. The van der Waals surface area contributed by atoms with Crippen molar-refractivity contribution in [2.45, 2.75) is 44.8 Å². The van der Waals surface area contributed by atoms with Gasteiger partial charge in [-0.3, -0.25) is 5.32 Å². The highest BCUT2D eigenvalue weighted by atomic mass is 35.5. The van der Waals surface area contributed by atoms with Crippen LogP contribution in [-0.2, 0) is 0 Å². The number of aryl methyl sites for hydroxylation is 1. The molecule has 1 saturated carbocycles. The summed E-state index contributed by atoms with van der Waals surface area (Å²) in [6.45, 7) is 3.68. The highest BCUT2D eigenvalue weighted by Crippen LogP contribution is 2.28. The van der Waals surface area contributed by atoms with Crippen LogP contribution in [0, 0.1) is 6.92 Å². The van der Waals surface area contributed by atoms with Crippen LogP contribution in [0.4, 0.5) is 10.5 Å². The smallest absolute Gasteiger partial charge is 0.322 e. The first-order chi connectivity index (χ1) is 17.9. The number of carbonyl (C=O) groups excluding carboxylic acids is 1. The van der Waals surface area contributed by atoms with E-state index in [0.29, 0.717) is 25.5 Å². The first-order valence-corrected chi connectivity index (χ1v) is 13.1. The summed E-state index contributed by atoms with van der Waals surface area (Å²) in [5, 5.41) is 19.7. The maximum absolute atomic E-state index is 13.3. The second-order valence-corrected chi connectivity index (χ2v) is 9.82. The highest BCUT2D eigenvalue weighted by molar-refractivity contribution is 6.32. The number of phenols is 1. The van der Waals surface area contributed by atoms with Gasteiger partial charge in [0.1, 0.15) is 17.8 Å². The number of nitrogens with two attached hydrogens (primary N) is 1. The van der Waals surface area contributed by atoms with Crippen LogP contribution in [0.15, 0.2) is 71.4 Å². The SMILES string of the molecule is Cc1cccc(NC(=O)N(CCNC(N=C(N)C2=CCNC=C2)c2ccc(O)c(Cl)c2)C2CCCC2)c1. The Morgan fingerprint density at radius 3 is 2.78 bits per heavy atom. The fraction of sp³-hybridized carbons (Fsp3) is 0.357. The number of nitrogens with one attached hydrogen (secondary N) is 3. The van der Waals surface area contributed by atoms with Crippen LogP contribution in [0.25, 0.3) is 0 Å². The topological polar surface area (TPSA) is 115 Å². The van der Waals surface area contributed by atoms with Crippen LogP contribution in [0.5, 0.6) is 5.75 Å². The maximum atomic E-state index is 13.3. The number of urea groups is 1. The number of anilines is 1. The molecule has 196 valence electrons. The van der Waals surface area contributed by atoms with E-state index in [4.69, 9.17) is 22.3 Å². The van der Waals surface area contributed by atoms with Gasteiger partial charge in [-0.05, 0) is 67.4 Å². The molecule has 2 aromatic carbocycles. The monoisotopic (exact) mass is 522 g/mol. The van der Waals surface area contributed by atoms with E-state index in [9.17, 15) is 9.90 Å². The van der Waals surface area contributed by atoms with Crippen LogP contribution in [0.2, 0.25) is 5.02 Å². The Bertz CT molecular complexity index is 1190. The summed E-state index contributed by atoms with van der Waals surface area (Å²) in [5.41, 5.74) is 9.82. The van der Waals surface area contributed by atoms with Gasteiger partial charge in [-0.25, -0.2) is 9.79 Å². The fourth-order valence-corrected chi connectivity index (χ4v) is 4.88. The minimum absolute atomic E-state index is 0.00495. The molecular weight excluding hydrogens is 488 g/mol. The van der Waals surface area contributed by atoms with E-state index in [-0.39, 0.29) is 22.8 Å². The second-order valence-electron chi connectivity index (χ2n) is 9.41. The number of dihydropyridines is 1. The Hall–Kier alpha value is -3.49. The summed E-state index contributed by atoms with van der Waals surface area (Å²) in [5.74, 6) is 0.398. The van der Waals surface area contributed by atoms with Crippen LogP contribution in [0.1, 0.15) is 43.0 Å². The number of amidine groups is 1. The Kier molecular flexibility index (Phi) is 9.09. The van der Waals surface area contributed by atoms with Crippen LogP contribution < -0.4 is 21.7 Å². The van der Waals surface area contributed by atoms with Gasteiger partial charge in [-0.1, -0.05) is 48.7 Å². The lowest BCUT2D eigenvalue weighted by atomic mass is 10.1. The lowest BCUT2D eigenvalue weighted by Gasteiger charge is -2.30. The average molecular weight is 523 g/mol. The van der Waals surface area contributed by atoms with Gasteiger partial charge < -0.3 is 26.4 Å². The molecule has 4 rings (SSSR count). The summed E-state index contributed by atoms with van der Waals surface area (Å²) in [7, 11) is 0. The summed E-state index contributed by atoms with van der Waals surface area (Å²) in [4.78, 5) is 20.0. The van der Waals surface area contributed by atoms with Gasteiger partial charge in [0.2, 0.25) is 0 Å². The third-order valence-corrected chi connectivity index (χ3v) is 6.96. The van der Waals surface area contributed by atoms with E-state index in [0.717, 1.165) is 48.1 Å². The second kappa shape index (κ2) is 12.7. The highest BCUT2D eigenvalue weighted by Gasteiger charge is 2.27. The van der Waals surface area contributed by atoms with Gasteiger partial charge in [0.15, 0.2) is 0 Å². The zero-order valence-electron chi connectivity index (χ0n) is 21.1. The Morgan fingerprint density at radius 2 is 2.08 bits per heavy atom. The largest absolute Gasteiger partial charge is 0.506 e. The zero-order valence-corrected chi connectivity index (χ0v) is 21.8. The van der Waals surface area contributed by atoms with Crippen LogP contribution >= 0.6 is 11.6 Å². The predicted molar refractivity (Wildman–Crippen MR) is 150 cm³/mol. The van der Waals surface area contributed by atoms with Crippen molar-refractivity contribution in [1.82, 2.24) is 15.5 Å². The molecule has 0 radical (unpaired) electrons. The van der Waals surface area contributed by atoms with Crippen molar-refractivity contribution < 1.29 is 9.90 Å². The summed E-state index contributed by atoms with van der Waals surface area (Å²) in [6, 6.07) is 12.9. The molecule has 6 N–H and O–H groups in total. The van der Waals surface area contributed by atoms with Gasteiger partial charge in [0.05, 0.1) is 5.02 Å². The van der Waals surface area contributed by atoms with Gasteiger partial charge in [-0.2, -0.15) is 0 Å². The number of nitrogens with zero attached hydrogens (tertiary/aromatic N) is 2. The fourth-order valence-electron chi connectivity index (χ4n) is 4.69. The molecule has 9 heteroatoms. The number of hydrogen-bond acceptors (Lipinski definition) is 5. The molecule has 1 aliphatic carbocycles. The summed E-state index contributed by atoms with van der Waals surface area (Å²) < 4.78 is 0. The van der Waals surface area contributed by atoms with E-state index >= 15 is 0 Å². The molecular formula is C28H35ClN6O2. The number of benzene rings is 2. The molecule has 1 atom stereocenters. The lowest BCUT2D eigenvalue weighted by Crippen LogP contribution is -2.45. The van der Waals surface area contributed by atoms with Crippen molar-refractivity contribution in [2.24, 2.45) is 10.7 Å². The third-order valence-electron chi connectivity index (χ3n) is 6.66. The summed E-state index contributed by atoms with van der Waals surface area (Å²) >= 11 is 6.19. The molecule has 0 spiro atoms. The number of halogens is 1. The number of rotatable bonds is 9. The molecule has 1 aliphatic heterocycles. The first-order valence-electron chi connectivity index (χ1n) is 12.7. The number of aliphatic imine (C=N–C) groups is 1. The molecule has 8 nitrogen and oxygen atoms in total. The normalized spacial score (nSPS) is 16.7. The molecule has 0 aromatic heterocycles. The number of phenolic OH excluding ortho intramolecular Hbond substituents is 1. The van der Waals surface area contributed by atoms with Gasteiger partial charge in [0, 0.05) is 36.9 Å². The minimum atomic E-state index is -0.507. The number of aromatic hydroxyl groups is 1. The number of amides is 2. The van der Waals surface area contributed by atoms with Crippen molar-refractivity contribution in [1.29, 1.82) is 0 Å². The van der Waals surface area contributed by atoms with E-state index in [1.54, 1.807) is 18.2 Å². The third kappa shape index (κ3) is 7.27. The van der Waals surface area contributed by atoms with Crippen molar-refractivity contribution in [3.05, 3.63) is 82.5 Å². The quantitative estimate of drug-likeness (QED) is 0.239. The first kappa shape index (κ1) is 26.6. The van der Waals surface area contributed by atoms with E-state index in [2.05, 4.69) is 16.0 Å². The molecule has 2 aromatic rings. The van der Waals surface area contributed by atoms with Gasteiger partial charge in [0.25, 0.3) is 0 Å². The standard InChI is InChI=1S/C28H35ClN6O2/c1-19-5-4-6-22(17-19)33-28(37)35(23-7-2-3-8-23)16-15-32-27(21-9-10-25(36)24(29)18-21)34-26(30)20-11-13-31-14-12-20/h4-6,9-13,17-18,23,27,31-32,36H,2-3,7-8,14-16H2,1H3,(H2,30,34)(H,33,37). The van der Waals surface area contributed by atoms with Crippen molar-refractivity contribution in [3.8, 4) is 5.75 Å². The van der Waals surface area contributed by atoms with E-state index in [1.165, 1.54) is 0 Å². The molecule has 0 saturated heterocycles. The minimum Gasteiger partial charge on any atom is -0.506 e. The molecule has 1 unspecified atom stereocenters. The van der Waals surface area contributed by atoms with Crippen LogP contribution in [-0.4, -0.2) is 47.5 Å². The maximum Gasteiger partial charge on any atom is 0.322 e. The predicted octanol–water partition coefficient (Wildman–Crippen LogP) is 4.82. The average Bonchev–Trinajstić information content (AvgIpc) is 3.42. The molecule has 2 aliphatic rings. The van der Waals surface area contributed by atoms with Crippen molar-refractivity contribution >= 4 is 29.2 Å². The number of carbonyl (C=O) groups is 1. The van der Waals surface area contributed by atoms with Crippen molar-refractivity contribution in [3.63, 3.8) is 0 Å². The Labute approximate surface area is 223 Å². The van der Waals surface area contributed by atoms with E-state index in [1.807, 2.05) is 54.4 Å². The number of hydrogen-bond donors (Lipinski definition) is 5. The lowest BCUT2D eigenvalue weighted by molar-refractivity contribution is 0.188. The summed E-state index contributed by atoms with van der Waals surface area (Å²) in [6.07, 6.45) is 9.42. The van der Waals surface area contributed by atoms with Crippen molar-refractivity contribution in [2.75, 3.05) is 25.0 Å². The van der Waals surface area contributed by atoms with Crippen LogP contribution in [0.3, 0.4) is 0 Å². The zero-order chi connectivity index (χ0) is 26.2. The van der Waals surface area contributed by atoms with E-state index < -0.39 is 6.17 Å². The molecule has 37 heavy (non-hydrogen) atoms. The van der Waals surface area contributed by atoms with Gasteiger partial charge >= 0.3 is 6.03 Å². The van der Waals surface area contributed by atoms with Gasteiger partial charge in [-0.15, -0.1) is 0 Å². The Morgan fingerprint density at radius 1 is 1.27 bits per heavy atom. The molecule has 1 fully saturated rings. The molecule has 0 bridgehead atoms. The molecule has 2 amide bonds.